The summed E-state index contributed by atoms with van der Waals surface area (Å²) in [5.41, 5.74) is 0. The van der Waals surface area contributed by atoms with Gasteiger partial charge >= 0.3 is 0 Å². The molecule has 0 aliphatic carbocycles. The highest BCUT2D eigenvalue weighted by Gasteiger charge is 2.03. The van der Waals surface area contributed by atoms with E-state index in [-0.39, 0.29) is 0 Å². The molecule has 2 nitrogen and oxygen atoms in total. The molecule has 14 heavy (non-hydrogen) atoms. The number of unbranched alkanes of at least 4 members (excludes halogenated alkanes) is 1. The van der Waals surface area contributed by atoms with Crippen LogP contribution < -0.4 is 15.3 Å². The summed E-state index contributed by atoms with van der Waals surface area (Å²) in [5, 5.41) is 3.67. The van der Waals surface area contributed by atoms with E-state index in [4.69, 9.17) is 11.8 Å². The fraction of sp³-hybridized carbons (Fsp3) is 0.400. The van der Waals surface area contributed by atoms with Crippen LogP contribution in [0.4, 0.5) is 0 Å². The topological polar surface area (TPSA) is 35.1 Å². The molecule has 0 saturated heterocycles. The summed E-state index contributed by atoms with van der Waals surface area (Å²) in [6.07, 6.45) is -0.653. The summed E-state index contributed by atoms with van der Waals surface area (Å²) in [6.45, 7) is 2.82. The molecule has 1 atom stereocenters. The number of hydrogen-bond donors (Lipinski definition) is 1. The minimum atomic E-state index is -2.74. The van der Waals surface area contributed by atoms with Crippen LogP contribution >= 0.6 is 6.42 Å². The van der Waals surface area contributed by atoms with E-state index >= 15 is 0 Å². The number of hydrogen-bond acceptors (Lipinski definition) is 2. The molecular formula is C10H15NOPS-. The first-order chi connectivity index (χ1) is 6.67. The zero-order valence-corrected chi connectivity index (χ0v) is 9.98. The Morgan fingerprint density at radius 3 is 2.57 bits per heavy atom. The van der Waals surface area contributed by atoms with E-state index in [1.807, 2.05) is 30.3 Å². The smallest absolute Gasteiger partial charge is 0.00110 e. The van der Waals surface area contributed by atoms with E-state index in [2.05, 4.69) is 12.0 Å². The Balaban J connectivity index is 2.62. The quantitative estimate of drug-likeness (QED) is 0.610. The van der Waals surface area contributed by atoms with Gasteiger partial charge in [0.25, 0.3) is 0 Å². The Labute approximate surface area is 90.5 Å². The first kappa shape index (κ1) is 11.9. The summed E-state index contributed by atoms with van der Waals surface area (Å²) < 4.78 is 0. The van der Waals surface area contributed by atoms with Gasteiger partial charge < -0.3 is 4.89 Å². The third-order valence-corrected chi connectivity index (χ3v) is 4.58. The van der Waals surface area contributed by atoms with Crippen molar-refractivity contribution in [3.8, 4) is 0 Å². The highest BCUT2D eigenvalue weighted by molar-refractivity contribution is 8.13. The Morgan fingerprint density at radius 1 is 1.36 bits per heavy atom. The van der Waals surface area contributed by atoms with Crippen molar-refractivity contribution in [1.29, 1.82) is 0 Å². The first-order valence-electron chi connectivity index (χ1n) is 4.78. The molecule has 1 unspecified atom stereocenters. The van der Waals surface area contributed by atoms with Gasteiger partial charge in [0, 0.05) is 0 Å². The number of rotatable bonds is 5. The molecule has 0 saturated carbocycles. The highest BCUT2D eigenvalue weighted by Crippen LogP contribution is 2.28. The zero-order valence-electron chi connectivity index (χ0n) is 8.27. The molecule has 0 amide bonds. The van der Waals surface area contributed by atoms with Crippen LogP contribution in [0.15, 0.2) is 30.3 Å². The van der Waals surface area contributed by atoms with Crippen LogP contribution in [0, 0.1) is 0 Å². The van der Waals surface area contributed by atoms with E-state index in [1.54, 1.807) is 0 Å². The van der Waals surface area contributed by atoms with Crippen molar-refractivity contribution in [2.24, 2.45) is 0 Å². The molecule has 1 aromatic carbocycles. The first-order valence-corrected chi connectivity index (χ1v) is 7.50. The average molecular weight is 228 g/mol. The molecule has 0 radical (unpaired) electrons. The van der Waals surface area contributed by atoms with Crippen molar-refractivity contribution >= 4 is 23.5 Å². The maximum atomic E-state index is 12.0. The normalized spacial score (nSPS) is 15.0. The van der Waals surface area contributed by atoms with Crippen molar-refractivity contribution in [1.82, 2.24) is 5.09 Å². The van der Waals surface area contributed by atoms with Gasteiger partial charge in [-0.05, 0) is 24.7 Å². The molecule has 0 aliphatic rings. The minimum Gasteiger partial charge on any atom is -0.807 e. The van der Waals surface area contributed by atoms with Crippen molar-refractivity contribution < 1.29 is 4.89 Å². The number of nitrogens with one attached hydrogen (secondary N) is 1. The van der Waals surface area contributed by atoms with Crippen molar-refractivity contribution in [3.63, 3.8) is 0 Å². The second-order valence-electron chi connectivity index (χ2n) is 3.15. The Hall–Kier alpha value is -0.210. The molecule has 0 bridgehead atoms. The molecule has 0 aliphatic heterocycles. The monoisotopic (exact) mass is 228 g/mol. The van der Waals surface area contributed by atoms with Gasteiger partial charge in [-0.2, -0.15) is 0 Å². The predicted octanol–water partition coefficient (Wildman–Crippen LogP) is 1.37. The molecule has 0 aromatic heterocycles. The van der Waals surface area contributed by atoms with E-state index in [0.717, 1.165) is 24.7 Å². The number of benzene rings is 1. The molecule has 0 heterocycles. The van der Waals surface area contributed by atoms with Gasteiger partial charge in [0.15, 0.2) is 0 Å². The third-order valence-electron chi connectivity index (χ3n) is 1.95. The molecule has 1 aromatic rings. The Bertz CT molecular complexity index is 315. The van der Waals surface area contributed by atoms with Crippen LogP contribution in [-0.4, -0.2) is 6.54 Å². The highest BCUT2D eigenvalue weighted by atomic mass is 32.4. The van der Waals surface area contributed by atoms with Gasteiger partial charge in [0.05, 0.1) is 0 Å². The molecule has 4 heteroatoms. The van der Waals surface area contributed by atoms with E-state index < -0.39 is 6.42 Å². The molecular weight excluding hydrogens is 213 g/mol. The lowest BCUT2D eigenvalue weighted by molar-refractivity contribution is -0.160. The molecule has 0 spiro atoms. The van der Waals surface area contributed by atoms with Gasteiger partial charge in [-0.25, -0.2) is 0 Å². The lowest BCUT2D eigenvalue weighted by atomic mass is 10.3. The van der Waals surface area contributed by atoms with E-state index in [0.29, 0.717) is 0 Å². The summed E-state index contributed by atoms with van der Waals surface area (Å²) in [4.78, 5) is 12.0. The van der Waals surface area contributed by atoms with Crippen molar-refractivity contribution in [2.45, 2.75) is 19.8 Å². The van der Waals surface area contributed by atoms with Gasteiger partial charge in [-0.1, -0.05) is 55.5 Å². The summed E-state index contributed by atoms with van der Waals surface area (Å²) in [5.74, 6) is 0. The SMILES string of the molecule is CCCCNP([O-])(=S)c1ccccc1. The van der Waals surface area contributed by atoms with Gasteiger partial charge in [0.1, 0.15) is 0 Å². The van der Waals surface area contributed by atoms with Crippen LogP contribution in [-0.2, 0) is 11.8 Å². The lowest BCUT2D eigenvalue weighted by Gasteiger charge is -2.29. The van der Waals surface area contributed by atoms with Gasteiger partial charge in [0.2, 0.25) is 0 Å². The average Bonchev–Trinajstić information content (AvgIpc) is 2.19. The molecule has 78 valence electrons. The molecule has 0 fully saturated rings. The zero-order chi connectivity index (χ0) is 10.4. The van der Waals surface area contributed by atoms with E-state index in [9.17, 15) is 4.89 Å². The summed E-state index contributed by atoms with van der Waals surface area (Å²) in [7, 11) is 0. The molecule has 1 rings (SSSR count). The van der Waals surface area contributed by atoms with Crippen LogP contribution in [0.25, 0.3) is 0 Å². The second kappa shape index (κ2) is 5.62. The minimum absolute atomic E-state index is 0.728. The summed E-state index contributed by atoms with van der Waals surface area (Å²) >= 11 is 5.07. The largest absolute Gasteiger partial charge is 0.807 e. The van der Waals surface area contributed by atoms with Gasteiger partial charge in [-0.3, -0.25) is 5.09 Å². The van der Waals surface area contributed by atoms with Crippen LogP contribution in [0.1, 0.15) is 19.8 Å². The van der Waals surface area contributed by atoms with Gasteiger partial charge in [-0.15, -0.1) is 0 Å². The van der Waals surface area contributed by atoms with Crippen LogP contribution in [0.5, 0.6) is 0 Å². The second-order valence-corrected chi connectivity index (χ2v) is 6.63. The lowest BCUT2D eigenvalue weighted by Crippen LogP contribution is -2.28. The standard InChI is InChI=1S/C10H16NOPS/c1-2-3-9-11-13(12,14)10-7-5-4-6-8-10/h4-8H,2-3,9H2,1H3,(H2,11,12,14)/p-1. The molecule has 1 N–H and O–H groups in total. The van der Waals surface area contributed by atoms with Crippen LogP contribution in [0.3, 0.4) is 0 Å². The van der Waals surface area contributed by atoms with Crippen molar-refractivity contribution in [3.05, 3.63) is 30.3 Å². The van der Waals surface area contributed by atoms with Crippen LogP contribution in [0.2, 0.25) is 0 Å². The Kier molecular flexibility index (Phi) is 4.76. The van der Waals surface area contributed by atoms with Crippen molar-refractivity contribution in [2.75, 3.05) is 6.54 Å². The summed E-state index contributed by atoms with van der Waals surface area (Å²) in [6, 6.07) is 9.23. The fourth-order valence-corrected chi connectivity index (χ4v) is 2.96. The third kappa shape index (κ3) is 3.50. The Morgan fingerprint density at radius 2 is 2.00 bits per heavy atom. The van der Waals surface area contributed by atoms with E-state index in [1.165, 1.54) is 0 Å². The fourth-order valence-electron chi connectivity index (χ4n) is 1.12. The maximum Gasteiger partial charge on any atom is -0.00110 e. The maximum absolute atomic E-state index is 12.0. The predicted molar refractivity (Wildman–Crippen MR) is 63.3 cm³/mol.